The Morgan fingerprint density at radius 3 is 1.67 bits per heavy atom. The van der Waals surface area contributed by atoms with E-state index in [4.69, 9.17) is 4.98 Å². The number of benzene rings is 1. The summed E-state index contributed by atoms with van der Waals surface area (Å²) in [5.41, 5.74) is 2.72. The van der Waals surface area contributed by atoms with Crippen LogP contribution >= 0.6 is 0 Å². The van der Waals surface area contributed by atoms with Crippen LogP contribution in [0, 0.1) is 0 Å². The highest BCUT2D eigenvalue weighted by molar-refractivity contribution is 5.15. The molecule has 0 atom stereocenters. The Morgan fingerprint density at radius 1 is 0.576 bits per heavy atom. The minimum absolute atomic E-state index is 1.04. The van der Waals surface area contributed by atoms with Crippen LogP contribution in [-0.4, -0.2) is 9.55 Å². The van der Waals surface area contributed by atoms with E-state index in [0.717, 1.165) is 25.8 Å². The van der Waals surface area contributed by atoms with Crippen LogP contribution in [0.15, 0.2) is 36.5 Å². The quantitative estimate of drug-likeness (QED) is 0.172. The van der Waals surface area contributed by atoms with E-state index in [1.54, 1.807) is 0 Å². The molecule has 2 aromatic rings. The molecule has 2 nitrogen and oxygen atoms in total. The molecule has 0 unspecified atom stereocenters. The molecule has 0 aliphatic rings. The lowest BCUT2D eigenvalue weighted by Crippen LogP contribution is -2.00. The fourth-order valence-electron chi connectivity index (χ4n) is 4.88. The van der Waals surface area contributed by atoms with Gasteiger partial charge < -0.3 is 4.57 Å². The molecule has 0 amide bonds. The standard InChI is InChI=1S/C31H52N2/c1-3-5-6-7-8-9-10-11-12-13-14-15-16-17-21-27-31-32-30(28-33(31)4-2)26-22-25-29-23-19-18-20-24-29/h18-20,23-24,28H,3-17,21-22,25-27H2,1-2H3. The summed E-state index contributed by atoms with van der Waals surface area (Å²) in [7, 11) is 0. The second-order valence-electron chi connectivity index (χ2n) is 9.97. The van der Waals surface area contributed by atoms with Crippen molar-refractivity contribution in [3.05, 3.63) is 53.6 Å². The van der Waals surface area contributed by atoms with Gasteiger partial charge in [0.2, 0.25) is 0 Å². The zero-order valence-corrected chi connectivity index (χ0v) is 22.0. The molecule has 33 heavy (non-hydrogen) atoms. The number of rotatable bonds is 21. The van der Waals surface area contributed by atoms with E-state index >= 15 is 0 Å². The molecular formula is C31H52N2. The Hall–Kier alpha value is -1.57. The summed E-state index contributed by atoms with van der Waals surface area (Å²) in [6, 6.07) is 10.8. The van der Waals surface area contributed by atoms with Crippen LogP contribution in [0.2, 0.25) is 0 Å². The van der Waals surface area contributed by atoms with Crippen molar-refractivity contribution >= 4 is 0 Å². The molecule has 2 heteroatoms. The van der Waals surface area contributed by atoms with Gasteiger partial charge in [-0.3, -0.25) is 0 Å². The lowest BCUT2D eigenvalue weighted by Gasteiger charge is -2.05. The first-order chi connectivity index (χ1) is 16.3. The third kappa shape index (κ3) is 13.0. The van der Waals surface area contributed by atoms with Crippen molar-refractivity contribution in [2.24, 2.45) is 0 Å². The van der Waals surface area contributed by atoms with E-state index in [1.165, 1.54) is 120 Å². The smallest absolute Gasteiger partial charge is 0.108 e. The number of aryl methyl sites for hydroxylation is 4. The molecule has 0 saturated heterocycles. The van der Waals surface area contributed by atoms with Gasteiger partial charge in [0.05, 0.1) is 5.69 Å². The molecule has 186 valence electrons. The van der Waals surface area contributed by atoms with Crippen LogP contribution in [0.4, 0.5) is 0 Å². The highest BCUT2D eigenvalue weighted by Crippen LogP contribution is 2.15. The van der Waals surface area contributed by atoms with Crippen molar-refractivity contribution in [2.75, 3.05) is 0 Å². The Labute approximate surface area is 205 Å². The molecule has 0 aliphatic heterocycles. The molecule has 0 N–H and O–H groups in total. The largest absolute Gasteiger partial charge is 0.335 e. The third-order valence-electron chi connectivity index (χ3n) is 6.99. The van der Waals surface area contributed by atoms with Gasteiger partial charge in [-0.25, -0.2) is 4.98 Å². The van der Waals surface area contributed by atoms with E-state index in [1.807, 2.05) is 0 Å². The van der Waals surface area contributed by atoms with Crippen LogP contribution in [-0.2, 0) is 25.8 Å². The van der Waals surface area contributed by atoms with Crippen LogP contribution in [0.3, 0.4) is 0 Å². The molecular weight excluding hydrogens is 400 g/mol. The minimum atomic E-state index is 1.04. The van der Waals surface area contributed by atoms with E-state index in [-0.39, 0.29) is 0 Å². The lowest BCUT2D eigenvalue weighted by molar-refractivity contribution is 0.530. The Morgan fingerprint density at radius 2 is 1.12 bits per heavy atom. The van der Waals surface area contributed by atoms with Gasteiger partial charge in [-0.05, 0) is 38.2 Å². The van der Waals surface area contributed by atoms with Crippen LogP contribution in [0.1, 0.15) is 134 Å². The van der Waals surface area contributed by atoms with Gasteiger partial charge >= 0.3 is 0 Å². The van der Waals surface area contributed by atoms with Crippen molar-refractivity contribution in [1.82, 2.24) is 9.55 Å². The molecule has 0 bridgehead atoms. The first kappa shape index (κ1) is 27.7. The van der Waals surface area contributed by atoms with Gasteiger partial charge in [0.25, 0.3) is 0 Å². The number of unbranched alkanes of at least 4 members (excludes halogenated alkanes) is 14. The normalized spacial score (nSPS) is 11.3. The maximum atomic E-state index is 4.98. The van der Waals surface area contributed by atoms with E-state index in [2.05, 4.69) is 54.9 Å². The van der Waals surface area contributed by atoms with E-state index < -0.39 is 0 Å². The van der Waals surface area contributed by atoms with E-state index in [0.29, 0.717) is 0 Å². The lowest BCUT2D eigenvalue weighted by atomic mass is 10.0. The number of hydrogen-bond acceptors (Lipinski definition) is 1. The number of aromatic nitrogens is 2. The van der Waals surface area contributed by atoms with Gasteiger partial charge in [0.15, 0.2) is 0 Å². The highest BCUT2D eigenvalue weighted by atomic mass is 15.1. The molecule has 0 radical (unpaired) electrons. The summed E-state index contributed by atoms with van der Waals surface area (Å²) in [6.07, 6.45) is 28.2. The average molecular weight is 453 g/mol. The SMILES string of the molecule is CCCCCCCCCCCCCCCCCc1nc(CCCc2ccccc2)cn1CC. The monoisotopic (exact) mass is 452 g/mol. The van der Waals surface area contributed by atoms with Gasteiger partial charge in [-0.2, -0.15) is 0 Å². The molecule has 1 heterocycles. The summed E-state index contributed by atoms with van der Waals surface area (Å²) >= 11 is 0. The second-order valence-corrected chi connectivity index (χ2v) is 9.97. The molecule has 2 rings (SSSR count). The Balaban J connectivity index is 1.45. The Kier molecular flexibility index (Phi) is 15.8. The fourth-order valence-corrected chi connectivity index (χ4v) is 4.88. The topological polar surface area (TPSA) is 17.8 Å². The third-order valence-corrected chi connectivity index (χ3v) is 6.99. The number of nitrogens with zero attached hydrogens (tertiary/aromatic N) is 2. The van der Waals surface area contributed by atoms with Crippen LogP contribution < -0.4 is 0 Å². The van der Waals surface area contributed by atoms with Crippen molar-refractivity contribution in [3.8, 4) is 0 Å². The average Bonchev–Trinajstić information content (AvgIpc) is 3.24. The molecule has 1 aromatic heterocycles. The summed E-state index contributed by atoms with van der Waals surface area (Å²) in [5.74, 6) is 1.31. The fraction of sp³-hybridized carbons (Fsp3) is 0.710. The van der Waals surface area contributed by atoms with E-state index in [9.17, 15) is 0 Å². The predicted molar refractivity (Wildman–Crippen MR) is 145 cm³/mol. The van der Waals surface area contributed by atoms with Gasteiger partial charge in [-0.1, -0.05) is 127 Å². The summed E-state index contributed by atoms with van der Waals surface area (Å²) < 4.78 is 2.38. The van der Waals surface area contributed by atoms with Gasteiger partial charge in [0.1, 0.15) is 5.82 Å². The van der Waals surface area contributed by atoms with Crippen LogP contribution in [0.5, 0.6) is 0 Å². The molecule has 1 aromatic carbocycles. The minimum Gasteiger partial charge on any atom is -0.335 e. The number of hydrogen-bond donors (Lipinski definition) is 0. The summed E-state index contributed by atoms with van der Waals surface area (Å²) in [4.78, 5) is 4.98. The zero-order chi connectivity index (χ0) is 23.4. The van der Waals surface area contributed by atoms with Gasteiger partial charge in [-0.15, -0.1) is 0 Å². The summed E-state index contributed by atoms with van der Waals surface area (Å²) in [5, 5.41) is 0. The highest BCUT2D eigenvalue weighted by Gasteiger charge is 2.07. The predicted octanol–water partition coefficient (Wildman–Crippen LogP) is 9.49. The second kappa shape index (κ2) is 18.8. The van der Waals surface area contributed by atoms with Crippen molar-refractivity contribution in [1.29, 1.82) is 0 Å². The molecule has 0 aliphatic carbocycles. The Bertz CT molecular complexity index is 688. The van der Waals surface area contributed by atoms with Crippen molar-refractivity contribution in [3.63, 3.8) is 0 Å². The number of imidazole rings is 1. The first-order valence-electron chi connectivity index (χ1n) is 14.4. The maximum absolute atomic E-state index is 4.98. The molecule has 0 saturated carbocycles. The van der Waals surface area contributed by atoms with Crippen molar-refractivity contribution in [2.45, 2.75) is 142 Å². The zero-order valence-electron chi connectivity index (χ0n) is 22.0. The first-order valence-corrected chi connectivity index (χ1v) is 14.4. The summed E-state index contributed by atoms with van der Waals surface area (Å²) in [6.45, 7) is 5.58. The molecule has 0 fully saturated rings. The maximum Gasteiger partial charge on any atom is 0.108 e. The molecule has 0 spiro atoms. The van der Waals surface area contributed by atoms with Crippen LogP contribution in [0.25, 0.3) is 0 Å². The van der Waals surface area contributed by atoms with Crippen molar-refractivity contribution < 1.29 is 0 Å². The van der Waals surface area contributed by atoms with Gasteiger partial charge in [0, 0.05) is 19.2 Å².